The zero-order chi connectivity index (χ0) is 12.6. The Morgan fingerprint density at radius 3 is 2.82 bits per heavy atom. The van der Waals surface area contributed by atoms with Crippen molar-refractivity contribution in [2.45, 2.75) is 19.4 Å². The molecule has 2 N–H and O–H groups in total. The fourth-order valence-electron chi connectivity index (χ4n) is 2.48. The number of hydrogen-bond donors (Lipinski definition) is 1. The van der Waals surface area contributed by atoms with E-state index < -0.39 is 0 Å². The number of carbonyl (C=O) groups is 1. The van der Waals surface area contributed by atoms with E-state index in [0.717, 1.165) is 23.1 Å². The van der Waals surface area contributed by atoms with Gasteiger partial charge in [-0.15, -0.1) is 0 Å². The highest BCUT2D eigenvalue weighted by atomic mass is 79.9. The summed E-state index contributed by atoms with van der Waals surface area (Å²) in [6.07, 6.45) is 2.90. The average molecular weight is 300 g/mol. The standard InChI is InChI=1S/C12H18BrN3O/c1-8-3-9(5-14)6-16(8)12(17)11-4-10(13)7-15(11)2/h4,7-9H,3,5-6,14H2,1-2H3. The van der Waals surface area contributed by atoms with Crippen molar-refractivity contribution >= 4 is 21.8 Å². The van der Waals surface area contributed by atoms with Gasteiger partial charge in [-0.2, -0.15) is 0 Å². The van der Waals surface area contributed by atoms with E-state index in [4.69, 9.17) is 5.73 Å². The first kappa shape index (κ1) is 12.6. The van der Waals surface area contributed by atoms with Crippen LogP contribution in [0.1, 0.15) is 23.8 Å². The molecule has 1 aliphatic heterocycles. The largest absolute Gasteiger partial charge is 0.345 e. The molecule has 1 aromatic heterocycles. The second-order valence-electron chi connectivity index (χ2n) is 4.80. The summed E-state index contributed by atoms with van der Waals surface area (Å²) in [6, 6.07) is 2.15. The molecule has 4 nitrogen and oxygen atoms in total. The van der Waals surface area contributed by atoms with Gasteiger partial charge < -0.3 is 15.2 Å². The number of amides is 1. The van der Waals surface area contributed by atoms with Gasteiger partial charge in [0, 0.05) is 30.3 Å². The minimum absolute atomic E-state index is 0.0988. The molecule has 17 heavy (non-hydrogen) atoms. The fourth-order valence-corrected chi connectivity index (χ4v) is 3.00. The molecule has 1 fully saturated rings. The van der Waals surface area contributed by atoms with Gasteiger partial charge >= 0.3 is 0 Å². The van der Waals surface area contributed by atoms with Crippen LogP contribution in [-0.2, 0) is 7.05 Å². The Hall–Kier alpha value is -0.810. The van der Waals surface area contributed by atoms with Crippen LogP contribution in [0.15, 0.2) is 16.7 Å². The molecule has 0 spiro atoms. The first-order chi connectivity index (χ1) is 8.02. The molecule has 2 atom stereocenters. The lowest BCUT2D eigenvalue weighted by molar-refractivity contribution is 0.0734. The van der Waals surface area contributed by atoms with E-state index in [2.05, 4.69) is 22.9 Å². The Balaban J connectivity index is 2.18. The van der Waals surface area contributed by atoms with Gasteiger partial charge in [0.1, 0.15) is 5.69 Å². The van der Waals surface area contributed by atoms with Gasteiger partial charge in [0.25, 0.3) is 5.91 Å². The van der Waals surface area contributed by atoms with Crippen LogP contribution in [0.3, 0.4) is 0 Å². The molecular formula is C12H18BrN3O. The van der Waals surface area contributed by atoms with Gasteiger partial charge in [0.2, 0.25) is 0 Å². The molecule has 0 radical (unpaired) electrons. The number of aryl methyl sites for hydroxylation is 1. The first-order valence-electron chi connectivity index (χ1n) is 5.85. The van der Waals surface area contributed by atoms with Crippen molar-refractivity contribution < 1.29 is 4.79 Å². The number of nitrogens with two attached hydrogens (primary N) is 1. The molecule has 1 aromatic rings. The summed E-state index contributed by atoms with van der Waals surface area (Å²) < 4.78 is 2.79. The Bertz CT molecular complexity index is 429. The second-order valence-corrected chi connectivity index (χ2v) is 5.71. The van der Waals surface area contributed by atoms with E-state index in [0.29, 0.717) is 12.5 Å². The van der Waals surface area contributed by atoms with Crippen molar-refractivity contribution in [1.82, 2.24) is 9.47 Å². The van der Waals surface area contributed by atoms with Crippen LogP contribution in [0, 0.1) is 5.92 Å². The molecule has 0 saturated carbocycles. The van der Waals surface area contributed by atoms with Gasteiger partial charge in [-0.1, -0.05) is 0 Å². The third kappa shape index (κ3) is 2.40. The van der Waals surface area contributed by atoms with Gasteiger partial charge in [-0.05, 0) is 47.8 Å². The third-order valence-corrected chi connectivity index (χ3v) is 3.88. The lowest BCUT2D eigenvalue weighted by atomic mass is 10.1. The molecule has 1 aliphatic rings. The number of likely N-dealkylation sites (tertiary alicyclic amines) is 1. The number of carbonyl (C=O) groups excluding carboxylic acids is 1. The molecule has 0 aliphatic carbocycles. The van der Waals surface area contributed by atoms with Crippen molar-refractivity contribution in [3.05, 3.63) is 22.4 Å². The number of aromatic nitrogens is 1. The van der Waals surface area contributed by atoms with Gasteiger partial charge in [-0.25, -0.2) is 0 Å². The zero-order valence-electron chi connectivity index (χ0n) is 10.2. The lowest BCUT2D eigenvalue weighted by Gasteiger charge is -2.21. The maximum Gasteiger partial charge on any atom is 0.270 e. The summed E-state index contributed by atoms with van der Waals surface area (Å²) >= 11 is 3.39. The fraction of sp³-hybridized carbons (Fsp3) is 0.583. The smallest absolute Gasteiger partial charge is 0.270 e. The summed E-state index contributed by atoms with van der Waals surface area (Å²) in [5, 5.41) is 0. The van der Waals surface area contributed by atoms with Crippen molar-refractivity contribution in [3.63, 3.8) is 0 Å². The molecule has 1 saturated heterocycles. The molecule has 2 unspecified atom stereocenters. The van der Waals surface area contributed by atoms with E-state index in [1.54, 1.807) is 0 Å². The Kier molecular flexibility index (Phi) is 3.58. The molecule has 5 heteroatoms. The van der Waals surface area contributed by atoms with E-state index in [9.17, 15) is 4.79 Å². The van der Waals surface area contributed by atoms with Gasteiger partial charge in [-0.3, -0.25) is 4.79 Å². The average Bonchev–Trinajstić information content (AvgIpc) is 2.81. The maximum absolute atomic E-state index is 12.4. The van der Waals surface area contributed by atoms with E-state index in [-0.39, 0.29) is 11.9 Å². The normalized spacial score (nSPS) is 24.4. The SMILES string of the molecule is CC1CC(CN)CN1C(=O)c1cc(Br)cn1C. The Morgan fingerprint density at radius 2 is 2.35 bits per heavy atom. The number of nitrogens with zero attached hydrogens (tertiary/aromatic N) is 2. The number of hydrogen-bond acceptors (Lipinski definition) is 2. The van der Waals surface area contributed by atoms with Crippen molar-refractivity contribution in [1.29, 1.82) is 0 Å². The topological polar surface area (TPSA) is 51.3 Å². The van der Waals surface area contributed by atoms with Gasteiger partial charge in [0.05, 0.1) is 0 Å². The molecule has 0 bridgehead atoms. The minimum atomic E-state index is 0.0988. The van der Waals surface area contributed by atoms with E-state index in [1.807, 2.05) is 28.8 Å². The molecule has 2 heterocycles. The summed E-state index contributed by atoms with van der Waals surface area (Å²) in [5.41, 5.74) is 6.40. The zero-order valence-corrected chi connectivity index (χ0v) is 11.8. The highest BCUT2D eigenvalue weighted by Gasteiger charge is 2.32. The number of rotatable bonds is 2. The quantitative estimate of drug-likeness (QED) is 0.902. The van der Waals surface area contributed by atoms with Crippen molar-refractivity contribution in [3.8, 4) is 0 Å². The van der Waals surface area contributed by atoms with Gasteiger partial charge in [0.15, 0.2) is 0 Å². The van der Waals surface area contributed by atoms with Crippen LogP contribution in [-0.4, -0.2) is 34.5 Å². The van der Waals surface area contributed by atoms with Crippen LogP contribution in [0.2, 0.25) is 0 Å². The Morgan fingerprint density at radius 1 is 1.65 bits per heavy atom. The minimum Gasteiger partial charge on any atom is -0.345 e. The molecule has 0 aromatic carbocycles. The van der Waals surface area contributed by atoms with E-state index >= 15 is 0 Å². The van der Waals surface area contributed by atoms with E-state index in [1.165, 1.54) is 0 Å². The summed E-state index contributed by atoms with van der Waals surface area (Å²) in [4.78, 5) is 14.3. The summed E-state index contributed by atoms with van der Waals surface area (Å²) in [6.45, 7) is 3.52. The van der Waals surface area contributed by atoms with Crippen molar-refractivity contribution in [2.75, 3.05) is 13.1 Å². The van der Waals surface area contributed by atoms with Crippen LogP contribution >= 0.6 is 15.9 Å². The molecule has 94 valence electrons. The van der Waals surface area contributed by atoms with Crippen molar-refractivity contribution in [2.24, 2.45) is 18.7 Å². The maximum atomic E-state index is 12.4. The third-order valence-electron chi connectivity index (χ3n) is 3.45. The predicted molar refractivity (Wildman–Crippen MR) is 70.8 cm³/mol. The molecular weight excluding hydrogens is 282 g/mol. The van der Waals surface area contributed by atoms with Crippen LogP contribution in [0.25, 0.3) is 0 Å². The Labute approximate surface area is 110 Å². The number of halogens is 1. The van der Waals surface area contributed by atoms with Crippen LogP contribution < -0.4 is 5.73 Å². The monoisotopic (exact) mass is 299 g/mol. The van der Waals surface area contributed by atoms with Crippen LogP contribution in [0.4, 0.5) is 0 Å². The summed E-state index contributed by atoms with van der Waals surface area (Å²) in [5.74, 6) is 0.541. The highest BCUT2D eigenvalue weighted by molar-refractivity contribution is 9.10. The highest BCUT2D eigenvalue weighted by Crippen LogP contribution is 2.25. The molecule has 1 amide bonds. The van der Waals surface area contributed by atoms with Crippen LogP contribution in [0.5, 0.6) is 0 Å². The first-order valence-corrected chi connectivity index (χ1v) is 6.65. The summed E-state index contributed by atoms with van der Waals surface area (Å²) in [7, 11) is 1.89. The predicted octanol–water partition coefficient (Wildman–Crippen LogP) is 1.60. The lowest BCUT2D eigenvalue weighted by Crippen LogP contribution is -2.35. The second kappa shape index (κ2) is 4.82. The molecule has 2 rings (SSSR count).